The standard InChI is InChI=1S/C18H16F3NO3/c19-18(20,21)15-9-5-4-8-14(15)12-25-16(23)10-11-22-17(24)13-6-2-1-3-7-13/h1-9H,10-12H2,(H,22,24). The van der Waals surface area contributed by atoms with Crippen molar-refractivity contribution in [2.24, 2.45) is 0 Å². The third kappa shape index (κ3) is 5.63. The second-order valence-electron chi connectivity index (χ2n) is 5.19. The van der Waals surface area contributed by atoms with Crippen LogP contribution >= 0.6 is 0 Å². The molecule has 7 heteroatoms. The Bertz CT molecular complexity index is 730. The first-order valence-electron chi connectivity index (χ1n) is 7.52. The summed E-state index contributed by atoms with van der Waals surface area (Å²) in [6, 6.07) is 13.3. The van der Waals surface area contributed by atoms with Crippen molar-refractivity contribution >= 4 is 11.9 Å². The molecule has 0 fully saturated rings. The number of rotatable bonds is 6. The maximum Gasteiger partial charge on any atom is 0.416 e. The SMILES string of the molecule is O=C(CCNC(=O)c1ccccc1)OCc1ccccc1C(F)(F)F. The molecule has 0 aliphatic carbocycles. The van der Waals surface area contributed by atoms with Gasteiger partial charge in [0.2, 0.25) is 0 Å². The maximum absolute atomic E-state index is 12.8. The first-order chi connectivity index (χ1) is 11.9. The molecule has 4 nitrogen and oxygen atoms in total. The largest absolute Gasteiger partial charge is 0.461 e. The Balaban J connectivity index is 1.79. The van der Waals surface area contributed by atoms with E-state index < -0.39 is 24.3 Å². The van der Waals surface area contributed by atoms with Crippen LogP contribution in [0, 0.1) is 0 Å². The van der Waals surface area contributed by atoms with Gasteiger partial charge in [0.15, 0.2) is 0 Å². The van der Waals surface area contributed by atoms with Crippen molar-refractivity contribution in [3.8, 4) is 0 Å². The third-order valence-electron chi connectivity index (χ3n) is 3.36. The third-order valence-corrected chi connectivity index (χ3v) is 3.36. The number of amides is 1. The highest BCUT2D eigenvalue weighted by Gasteiger charge is 2.33. The minimum Gasteiger partial charge on any atom is -0.461 e. The zero-order valence-corrected chi connectivity index (χ0v) is 13.2. The van der Waals surface area contributed by atoms with Gasteiger partial charge in [-0.2, -0.15) is 13.2 Å². The smallest absolute Gasteiger partial charge is 0.416 e. The van der Waals surface area contributed by atoms with Crippen LogP contribution in [0.2, 0.25) is 0 Å². The average molecular weight is 351 g/mol. The van der Waals surface area contributed by atoms with E-state index in [0.29, 0.717) is 5.56 Å². The predicted molar refractivity (Wildman–Crippen MR) is 84.6 cm³/mol. The summed E-state index contributed by atoms with van der Waals surface area (Å²) in [5.41, 5.74) is -0.494. The molecule has 132 valence electrons. The van der Waals surface area contributed by atoms with E-state index in [1.807, 2.05) is 0 Å². The van der Waals surface area contributed by atoms with Crippen LogP contribution in [0.1, 0.15) is 27.9 Å². The number of carbonyl (C=O) groups is 2. The molecule has 0 radical (unpaired) electrons. The Labute approximate surface area is 142 Å². The molecule has 2 aromatic carbocycles. The number of esters is 1. The van der Waals surface area contributed by atoms with E-state index >= 15 is 0 Å². The second-order valence-corrected chi connectivity index (χ2v) is 5.19. The minimum absolute atomic E-state index is 0.0352. The van der Waals surface area contributed by atoms with E-state index in [1.54, 1.807) is 30.3 Å². The fourth-order valence-electron chi connectivity index (χ4n) is 2.12. The van der Waals surface area contributed by atoms with Crippen LogP contribution in [-0.2, 0) is 22.3 Å². The lowest BCUT2D eigenvalue weighted by Gasteiger charge is -2.13. The van der Waals surface area contributed by atoms with Crippen molar-refractivity contribution in [1.29, 1.82) is 0 Å². The van der Waals surface area contributed by atoms with E-state index in [4.69, 9.17) is 4.74 Å². The van der Waals surface area contributed by atoms with E-state index in [0.717, 1.165) is 6.07 Å². The van der Waals surface area contributed by atoms with Crippen LogP contribution in [0.5, 0.6) is 0 Å². The molecular formula is C18H16F3NO3. The molecule has 0 aromatic heterocycles. The second kappa shape index (κ2) is 8.32. The summed E-state index contributed by atoms with van der Waals surface area (Å²) in [5.74, 6) is -1.03. The fraction of sp³-hybridized carbons (Fsp3) is 0.222. The maximum atomic E-state index is 12.8. The first-order valence-corrected chi connectivity index (χ1v) is 7.52. The number of hydrogen-bond donors (Lipinski definition) is 1. The number of nitrogens with one attached hydrogen (secondary N) is 1. The molecule has 0 aliphatic rings. The number of ether oxygens (including phenoxy) is 1. The molecule has 1 N–H and O–H groups in total. The molecule has 25 heavy (non-hydrogen) atoms. The van der Waals surface area contributed by atoms with Gasteiger partial charge >= 0.3 is 12.1 Å². The summed E-state index contributed by atoms with van der Waals surface area (Å²) >= 11 is 0. The fourth-order valence-corrected chi connectivity index (χ4v) is 2.12. The van der Waals surface area contributed by atoms with E-state index in [9.17, 15) is 22.8 Å². The molecule has 1 amide bonds. The highest BCUT2D eigenvalue weighted by atomic mass is 19.4. The molecule has 0 saturated heterocycles. The van der Waals surface area contributed by atoms with Gasteiger partial charge in [0.25, 0.3) is 5.91 Å². The van der Waals surface area contributed by atoms with Crippen LogP contribution < -0.4 is 5.32 Å². The van der Waals surface area contributed by atoms with Gasteiger partial charge in [-0.15, -0.1) is 0 Å². The summed E-state index contributed by atoms with van der Waals surface area (Å²) < 4.78 is 43.4. The molecule has 2 rings (SSSR count). The topological polar surface area (TPSA) is 55.4 Å². The van der Waals surface area contributed by atoms with Crippen molar-refractivity contribution < 1.29 is 27.5 Å². The van der Waals surface area contributed by atoms with Gasteiger partial charge in [0.05, 0.1) is 12.0 Å². The summed E-state index contributed by atoms with van der Waals surface area (Å²) in [5, 5.41) is 2.54. The molecule has 0 spiro atoms. The van der Waals surface area contributed by atoms with Gasteiger partial charge in [-0.25, -0.2) is 0 Å². The van der Waals surface area contributed by atoms with Crippen LogP contribution in [0.15, 0.2) is 54.6 Å². The molecule has 0 unspecified atom stereocenters. The van der Waals surface area contributed by atoms with Crippen molar-refractivity contribution in [3.05, 3.63) is 71.3 Å². The van der Waals surface area contributed by atoms with Crippen molar-refractivity contribution in [2.75, 3.05) is 6.54 Å². The molecule has 0 heterocycles. The summed E-state index contributed by atoms with van der Waals surface area (Å²) in [7, 11) is 0. The lowest BCUT2D eigenvalue weighted by Crippen LogP contribution is -2.26. The van der Waals surface area contributed by atoms with E-state index in [2.05, 4.69) is 5.32 Å². The number of hydrogen-bond acceptors (Lipinski definition) is 3. The molecule has 2 aromatic rings. The molecule has 0 saturated carbocycles. The highest BCUT2D eigenvalue weighted by molar-refractivity contribution is 5.94. The number of alkyl halides is 3. The Morgan fingerprint density at radius 2 is 1.60 bits per heavy atom. The molecular weight excluding hydrogens is 335 g/mol. The Morgan fingerprint density at radius 3 is 2.28 bits per heavy atom. The normalized spacial score (nSPS) is 11.0. The summed E-state index contributed by atoms with van der Waals surface area (Å²) in [4.78, 5) is 23.4. The zero-order chi connectivity index (χ0) is 18.3. The quantitative estimate of drug-likeness (QED) is 0.810. The lowest BCUT2D eigenvalue weighted by atomic mass is 10.1. The highest BCUT2D eigenvalue weighted by Crippen LogP contribution is 2.32. The minimum atomic E-state index is -4.51. The Hall–Kier alpha value is -2.83. The Morgan fingerprint density at radius 1 is 0.960 bits per heavy atom. The number of carbonyl (C=O) groups excluding carboxylic acids is 2. The van der Waals surface area contributed by atoms with Crippen molar-refractivity contribution in [2.45, 2.75) is 19.2 Å². The van der Waals surface area contributed by atoms with Crippen LogP contribution in [-0.4, -0.2) is 18.4 Å². The number of halogens is 3. The summed E-state index contributed by atoms with van der Waals surface area (Å²) in [6.45, 7) is -0.436. The molecule has 0 bridgehead atoms. The van der Waals surface area contributed by atoms with Gasteiger partial charge in [-0.1, -0.05) is 36.4 Å². The number of benzene rings is 2. The van der Waals surface area contributed by atoms with Crippen LogP contribution in [0.4, 0.5) is 13.2 Å². The van der Waals surface area contributed by atoms with Crippen molar-refractivity contribution in [1.82, 2.24) is 5.32 Å². The summed E-state index contributed by atoms with van der Waals surface area (Å²) in [6.07, 6.45) is -4.64. The van der Waals surface area contributed by atoms with Crippen LogP contribution in [0.3, 0.4) is 0 Å². The monoisotopic (exact) mass is 351 g/mol. The van der Waals surface area contributed by atoms with Gasteiger partial charge < -0.3 is 10.1 Å². The van der Waals surface area contributed by atoms with E-state index in [1.165, 1.54) is 18.2 Å². The zero-order valence-electron chi connectivity index (χ0n) is 13.2. The van der Waals surface area contributed by atoms with Crippen LogP contribution in [0.25, 0.3) is 0 Å². The predicted octanol–water partition coefficient (Wildman–Crippen LogP) is 3.57. The molecule has 0 aliphatic heterocycles. The van der Waals surface area contributed by atoms with Crippen molar-refractivity contribution in [3.63, 3.8) is 0 Å². The van der Waals surface area contributed by atoms with Gasteiger partial charge in [-0.05, 0) is 18.2 Å². The first kappa shape index (κ1) is 18.5. The van der Waals surface area contributed by atoms with Gasteiger partial charge in [0, 0.05) is 17.7 Å². The lowest BCUT2D eigenvalue weighted by molar-refractivity contribution is -0.147. The van der Waals surface area contributed by atoms with Gasteiger partial charge in [0.1, 0.15) is 6.61 Å². The van der Waals surface area contributed by atoms with E-state index in [-0.39, 0.29) is 24.4 Å². The van der Waals surface area contributed by atoms with Gasteiger partial charge in [-0.3, -0.25) is 9.59 Å². The average Bonchev–Trinajstić information content (AvgIpc) is 2.60. The Kier molecular flexibility index (Phi) is 6.16. The molecule has 0 atom stereocenters.